The van der Waals surface area contributed by atoms with Crippen molar-refractivity contribution in [2.45, 2.75) is 39.2 Å². The Labute approximate surface area is 118 Å². The van der Waals surface area contributed by atoms with Crippen LogP contribution in [0.25, 0.3) is 0 Å². The van der Waals surface area contributed by atoms with Gasteiger partial charge in [0, 0.05) is 11.0 Å². The quantitative estimate of drug-likeness (QED) is 0.875. The Balaban J connectivity index is 1.48. The molecule has 2 saturated carbocycles. The van der Waals surface area contributed by atoms with Crippen molar-refractivity contribution in [1.82, 2.24) is 5.32 Å². The maximum absolute atomic E-state index is 3.65. The highest BCUT2D eigenvalue weighted by Crippen LogP contribution is 2.47. The second-order valence-electron chi connectivity index (χ2n) is 6.15. The van der Waals surface area contributed by atoms with Crippen molar-refractivity contribution in [1.29, 1.82) is 0 Å². The van der Waals surface area contributed by atoms with Crippen LogP contribution in [0.2, 0.25) is 0 Å². The van der Waals surface area contributed by atoms with E-state index in [9.17, 15) is 0 Å². The molecule has 0 amide bonds. The van der Waals surface area contributed by atoms with Crippen molar-refractivity contribution in [3.05, 3.63) is 33.8 Å². The van der Waals surface area contributed by atoms with Gasteiger partial charge >= 0.3 is 0 Å². The van der Waals surface area contributed by atoms with Crippen LogP contribution in [0, 0.1) is 24.7 Å². The summed E-state index contributed by atoms with van der Waals surface area (Å²) in [6, 6.07) is 6.66. The van der Waals surface area contributed by atoms with Crippen molar-refractivity contribution in [2.75, 3.05) is 6.54 Å². The first-order chi connectivity index (χ1) is 8.72. The summed E-state index contributed by atoms with van der Waals surface area (Å²) in [5.74, 6) is 3.06. The number of halogens is 1. The van der Waals surface area contributed by atoms with E-state index >= 15 is 0 Å². The fraction of sp³-hybridized carbons (Fsp3) is 0.625. The first-order valence-corrected chi connectivity index (χ1v) is 7.97. The molecule has 3 rings (SSSR count). The molecule has 0 radical (unpaired) electrons. The zero-order valence-corrected chi connectivity index (χ0v) is 12.7. The lowest BCUT2D eigenvalue weighted by atomic mass is 9.89. The highest BCUT2D eigenvalue weighted by molar-refractivity contribution is 9.10. The van der Waals surface area contributed by atoms with E-state index in [1.54, 1.807) is 0 Å². The van der Waals surface area contributed by atoms with Crippen LogP contribution < -0.4 is 5.32 Å². The molecule has 1 N–H and O–H groups in total. The van der Waals surface area contributed by atoms with Gasteiger partial charge in [0.05, 0.1) is 0 Å². The molecule has 3 unspecified atom stereocenters. The topological polar surface area (TPSA) is 12.0 Å². The van der Waals surface area contributed by atoms with Crippen molar-refractivity contribution in [2.24, 2.45) is 17.8 Å². The second-order valence-corrected chi connectivity index (χ2v) is 7.00. The van der Waals surface area contributed by atoms with E-state index in [0.29, 0.717) is 0 Å². The molecule has 2 fully saturated rings. The summed E-state index contributed by atoms with van der Waals surface area (Å²) < 4.78 is 1.22. The number of hydrogen-bond acceptors (Lipinski definition) is 1. The zero-order chi connectivity index (χ0) is 12.5. The lowest BCUT2D eigenvalue weighted by Crippen LogP contribution is -2.26. The predicted molar refractivity (Wildman–Crippen MR) is 79.5 cm³/mol. The van der Waals surface area contributed by atoms with Gasteiger partial charge in [-0.25, -0.2) is 0 Å². The number of hydrogen-bond donors (Lipinski definition) is 1. The van der Waals surface area contributed by atoms with Gasteiger partial charge in [0.15, 0.2) is 0 Å². The molecular weight excluding hydrogens is 286 g/mol. The van der Waals surface area contributed by atoms with Crippen LogP contribution in [0.5, 0.6) is 0 Å². The van der Waals surface area contributed by atoms with Crippen molar-refractivity contribution in [3.8, 4) is 0 Å². The van der Waals surface area contributed by atoms with Gasteiger partial charge in [0.2, 0.25) is 0 Å². The minimum absolute atomic E-state index is 0.956. The molecule has 1 aromatic carbocycles. The molecule has 0 saturated heterocycles. The van der Waals surface area contributed by atoms with E-state index in [4.69, 9.17) is 0 Å². The fourth-order valence-corrected chi connectivity index (χ4v) is 4.20. The van der Waals surface area contributed by atoms with Gasteiger partial charge < -0.3 is 5.32 Å². The Hall–Kier alpha value is -0.340. The maximum atomic E-state index is 3.65. The molecule has 0 aliphatic heterocycles. The standard InChI is InChI=1S/C16H22BrN/c1-11-2-3-13(8-16(11)17)9-18-10-15-7-12-4-5-14(15)6-12/h2-3,8,12,14-15,18H,4-7,9-10H2,1H3. The Kier molecular flexibility index (Phi) is 3.76. The molecule has 1 nitrogen and oxygen atoms in total. The van der Waals surface area contributed by atoms with Gasteiger partial charge in [-0.3, -0.25) is 0 Å². The van der Waals surface area contributed by atoms with Crippen molar-refractivity contribution < 1.29 is 0 Å². The Morgan fingerprint density at radius 2 is 2.17 bits per heavy atom. The van der Waals surface area contributed by atoms with Crippen LogP contribution in [0.3, 0.4) is 0 Å². The third kappa shape index (κ3) is 2.65. The number of rotatable bonds is 4. The molecule has 2 aliphatic rings. The SMILES string of the molecule is Cc1ccc(CNCC2CC3CCC2C3)cc1Br. The summed E-state index contributed by atoms with van der Waals surface area (Å²) >= 11 is 3.60. The molecule has 2 bridgehead atoms. The summed E-state index contributed by atoms with van der Waals surface area (Å²) in [6.07, 6.45) is 6.00. The Morgan fingerprint density at radius 3 is 2.83 bits per heavy atom. The Bertz CT molecular complexity index is 429. The molecular formula is C16H22BrN. The van der Waals surface area contributed by atoms with E-state index in [1.165, 1.54) is 47.8 Å². The molecule has 98 valence electrons. The van der Waals surface area contributed by atoms with Gasteiger partial charge in [0.1, 0.15) is 0 Å². The molecule has 1 aromatic rings. The minimum atomic E-state index is 0.956. The average molecular weight is 308 g/mol. The van der Waals surface area contributed by atoms with E-state index in [0.717, 1.165) is 24.3 Å². The van der Waals surface area contributed by atoms with Crippen LogP contribution in [-0.4, -0.2) is 6.54 Å². The third-order valence-corrected chi connectivity index (χ3v) is 5.71. The van der Waals surface area contributed by atoms with Crippen LogP contribution in [-0.2, 0) is 6.54 Å². The van der Waals surface area contributed by atoms with Crippen LogP contribution in [0.1, 0.15) is 36.8 Å². The summed E-state index contributed by atoms with van der Waals surface area (Å²) in [4.78, 5) is 0. The molecule has 2 aliphatic carbocycles. The second kappa shape index (κ2) is 5.34. The molecule has 0 spiro atoms. The lowest BCUT2D eigenvalue weighted by molar-refractivity contribution is 0.318. The number of fused-ring (bicyclic) bond motifs is 2. The molecule has 3 atom stereocenters. The lowest BCUT2D eigenvalue weighted by Gasteiger charge is -2.22. The normalized spacial score (nSPS) is 30.0. The molecule has 2 heteroatoms. The molecule has 0 aromatic heterocycles. The number of aryl methyl sites for hydroxylation is 1. The third-order valence-electron chi connectivity index (χ3n) is 4.86. The first-order valence-electron chi connectivity index (χ1n) is 7.18. The minimum Gasteiger partial charge on any atom is -0.312 e. The summed E-state index contributed by atoms with van der Waals surface area (Å²) in [5, 5.41) is 3.65. The highest BCUT2D eigenvalue weighted by Gasteiger charge is 2.38. The fourth-order valence-electron chi connectivity index (χ4n) is 3.77. The number of benzene rings is 1. The smallest absolute Gasteiger partial charge is 0.0207 e. The van der Waals surface area contributed by atoms with Gasteiger partial charge in [-0.05, 0) is 67.7 Å². The van der Waals surface area contributed by atoms with Gasteiger partial charge in [-0.15, -0.1) is 0 Å². The van der Waals surface area contributed by atoms with E-state index in [2.05, 4.69) is 46.4 Å². The molecule has 18 heavy (non-hydrogen) atoms. The van der Waals surface area contributed by atoms with Crippen molar-refractivity contribution >= 4 is 15.9 Å². The van der Waals surface area contributed by atoms with Crippen LogP contribution >= 0.6 is 15.9 Å². The monoisotopic (exact) mass is 307 g/mol. The summed E-state index contributed by atoms with van der Waals surface area (Å²) in [6.45, 7) is 4.36. The zero-order valence-electron chi connectivity index (χ0n) is 11.1. The first kappa shape index (κ1) is 12.7. The van der Waals surface area contributed by atoms with Gasteiger partial charge in [-0.1, -0.05) is 34.5 Å². The summed E-state index contributed by atoms with van der Waals surface area (Å²) in [7, 11) is 0. The van der Waals surface area contributed by atoms with Gasteiger partial charge in [0.25, 0.3) is 0 Å². The Morgan fingerprint density at radius 1 is 1.28 bits per heavy atom. The van der Waals surface area contributed by atoms with Crippen molar-refractivity contribution in [3.63, 3.8) is 0 Å². The average Bonchev–Trinajstić information content (AvgIpc) is 2.96. The van der Waals surface area contributed by atoms with Crippen LogP contribution in [0.4, 0.5) is 0 Å². The largest absolute Gasteiger partial charge is 0.312 e. The van der Waals surface area contributed by atoms with Gasteiger partial charge in [-0.2, -0.15) is 0 Å². The predicted octanol–water partition coefficient (Wildman–Crippen LogP) is 4.28. The van der Waals surface area contributed by atoms with E-state index in [-0.39, 0.29) is 0 Å². The number of nitrogens with one attached hydrogen (secondary N) is 1. The van der Waals surface area contributed by atoms with E-state index in [1.807, 2.05) is 0 Å². The highest BCUT2D eigenvalue weighted by atomic mass is 79.9. The molecule has 0 heterocycles. The van der Waals surface area contributed by atoms with Crippen LogP contribution in [0.15, 0.2) is 22.7 Å². The summed E-state index contributed by atoms with van der Waals surface area (Å²) in [5.41, 5.74) is 2.70. The maximum Gasteiger partial charge on any atom is 0.0207 e. The van der Waals surface area contributed by atoms with E-state index < -0.39 is 0 Å².